The highest BCUT2D eigenvalue weighted by molar-refractivity contribution is 7.89. The van der Waals surface area contributed by atoms with Crippen molar-refractivity contribution in [2.45, 2.75) is 29.8 Å². The molecule has 1 saturated heterocycles. The first-order chi connectivity index (χ1) is 13.9. The van der Waals surface area contributed by atoms with Crippen molar-refractivity contribution in [3.63, 3.8) is 0 Å². The largest absolute Gasteiger partial charge is 0.352 e. The number of carbonyl (C=O) groups excluding carboxylic acids is 1. The van der Waals surface area contributed by atoms with E-state index in [2.05, 4.69) is 5.32 Å². The van der Waals surface area contributed by atoms with Gasteiger partial charge in [-0.05, 0) is 36.6 Å². The van der Waals surface area contributed by atoms with E-state index in [-0.39, 0.29) is 29.9 Å². The lowest BCUT2D eigenvalue weighted by atomic mass is 10.0. The van der Waals surface area contributed by atoms with Gasteiger partial charge >= 0.3 is 0 Å². The molecule has 6 nitrogen and oxygen atoms in total. The Hall–Kier alpha value is -2.29. The Balaban J connectivity index is 1.49. The Morgan fingerprint density at radius 1 is 1.00 bits per heavy atom. The van der Waals surface area contributed by atoms with Crippen LogP contribution < -0.4 is 5.32 Å². The molecule has 1 aliphatic carbocycles. The molecule has 29 heavy (non-hydrogen) atoms. The van der Waals surface area contributed by atoms with Gasteiger partial charge in [-0.15, -0.1) is 0 Å². The maximum Gasteiger partial charge on any atom is 0.243 e. The molecule has 1 heterocycles. The van der Waals surface area contributed by atoms with Gasteiger partial charge in [0, 0.05) is 32.2 Å². The van der Waals surface area contributed by atoms with Crippen molar-refractivity contribution in [1.29, 1.82) is 0 Å². The van der Waals surface area contributed by atoms with Crippen molar-refractivity contribution in [2.75, 3.05) is 26.2 Å². The molecule has 1 saturated carbocycles. The maximum absolute atomic E-state index is 13.5. The SMILES string of the molecule is O=C(NC1CC1)[C@@H](c1ccccc1)N1CCN(S(=O)(=O)c2cccc(F)c2)CC1. The van der Waals surface area contributed by atoms with Crippen molar-refractivity contribution in [3.8, 4) is 0 Å². The Kier molecular flexibility index (Phi) is 5.67. The number of piperazine rings is 1. The molecule has 1 aliphatic heterocycles. The number of rotatable bonds is 6. The lowest BCUT2D eigenvalue weighted by molar-refractivity contribution is -0.127. The summed E-state index contributed by atoms with van der Waals surface area (Å²) in [6.45, 7) is 1.34. The quantitative estimate of drug-likeness (QED) is 0.782. The number of halogens is 1. The Morgan fingerprint density at radius 2 is 1.69 bits per heavy atom. The summed E-state index contributed by atoms with van der Waals surface area (Å²) < 4.78 is 40.5. The maximum atomic E-state index is 13.5. The van der Waals surface area contributed by atoms with Crippen LogP contribution in [-0.2, 0) is 14.8 Å². The Labute approximate surface area is 170 Å². The second-order valence-corrected chi connectivity index (χ2v) is 9.43. The third-order valence-corrected chi connectivity index (χ3v) is 7.25. The van der Waals surface area contributed by atoms with Crippen LogP contribution in [0.5, 0.6) is 0 Å². The van der Waals surface area contributed by atoms with Crippen LogP contribution >= 0.6 is 0 Å². The highest BCUT2D eigenvalue weighted by atomic mass is 32.2. The van der Waals surface area contributed by atoms with Crippen LogP contribution in [-0.4, -0.2) is 55.8 Å². The summed E-state index contributed by atoms with van der Waals surface area (Å²) in [5.74, 6) is -0.620. The number of amides is 1. The molecule has 0 aromatic heterocycles. The van der Waals surface area contributed by atoms with E-state index in [1.807, 2.05) is 35.2 Å². The molecule has 2 aromatic carbocycles. The lowest BCUT2D eigenvalue weighted by Gasteiger charge is -2.38. The molecule has 2 aliphatic rings. The smallest absolute Gasteiger partial charge is 0.243 e. The second kappa shape index (κ2) is 8.22. The molecule has 154 valence electrons. The summed E-state index contributed by atoms with van der Waals surface area (Å²) in [7, 11) is -3.76. The van der Waals surface area contributed by atoms with Gasteiger partial charge in [0.25, 0.3) is 0 Å². The van der Waals surface area contributed by atoms with Crippen molar-refractivity contribution in [2.24, 2.45) is 0 Å². The lowest BCUT2D eigenvalue weighted by Crippen LogP contribution is -2.52. The predicted molar refractivity (Wildman–Crippen MR) is 107 cm³/mol. The summed E-state index contributed by atoms with van der Waals surface area (Å²) in [6.07, 6.45) is 2.01. The van der Waals surface area contributed by atoms with Crippen LogP contribution in [0.3, 0.4) is 0 Å². The zero-order chi connectivity index (χ0) is 20.4. The minimum Gasteiger partial charge on any atom is -0.352 e. The van der Waals surface area contributed by atoms with E-state index in [1.165, 1.54) is 22.5 Å². The fourth-order valence-electron chi connectivity index (χ4n) is 3.65. The second-order valence-electron chi connectivity index (χ2n) is 7.49. The first kappa shape index (κ1) is 20.0. The first-order valence-electron chi connectivity index (χ1n) is 9.80. The highest BCUT2D eigenvalue weighted by Gasteiger charge is 2.36. The predicted octanol–water partition coefficient (Wildman–Crippen LogP) is 2.15. The van der Waals surface area contributed by atoms with Crippen LogP contribution in [0.25, 0.3) is 0 Å². The zero-order valence-corrected chi connectivity index (χ0v) is 16.8. The summed E-state index contributed by atoms with van der Waals surface area (Å²) in [6, 6.07) is 14.4. The van der Waals surface area contributed by atoms with Gasteiger partial charge in [-0.1, -0.05) is 36.4 Å². The molecular weight excluding hydrogens is 393 g/mol. The number of nitrogens with zero attached hydrogens (tertiary/aromatic N) is 2. The fraction of sp³-hybridized carbons (Fsp3) is 0.381. The molecule has 2 aromatic rings. The van der Waals surface area contributed by atoms with Crippen molar-refractivity contribution in [3.05, 3.63) is 66.0 Å². The van der Waals surface area contributed by atoms with E-state index in [0.29, 0.717) is 13.1 Å². The molecule has 0 spiro atoms. The number of hydrogen-bond donors (Lipinski definition) is 1. The van der Waals surface area contributed by atoms with E-state index >= 15 is 0 Å². The number of carbonyl (C=O) groups is 1. The molecule has 0 radical (unpaired) electrons. The summed E-state index contributed by atoms with van der Waals surface area (Å²) in [5.41, 5.74) is 0.895. The summed E-state index contributed by atoms with van der Waals surface area (Å²) in [5, 5.41) is 3.07. The fourth-order valence-corrected chi connectivity index (χ4v) is 5.10. The molecule has 4 rings (SSSR count). The van der Waals surface area contributed by atoms with E-state index in [4.69, 9.17) is 0 Å². The summed E-state index contributed by atoms with van der Waals surface area (Å²) in [4.78, 5) is 14.9. The minimum absolute atomic E-state index is 0.0415. The minimum atomic E-state index is -3.76. The van der Waals surface area contributed by atoms with E-state index in [1.54, 1.807) is 0 Å². The molecule has 1 amide bonds. The van der Waals surface area contributed by atoms with Crippen LogP contribution in [0.1, 0.15) is 24.4 Å². The third-order valence-electron chi connectivity index (χ3n) is 5.36. The normalized spacial score (nSPS) is 19.6. The van der Waals surface area contributed by atoms with Gasteiger partial charge in [0.2, 0.25) is 15.9 Å². The average Bonchev–Trinajstić information content (AvgIpc) is 3.53. The molecule has 0 bridgehead atoms. The number of benzene rings is 2. The first-order valence-corrected chi connectivity index (χ1v) is 11.2. The molecule has 2 fully saturated rings. The average molecular weight is 418 g/mol. The topological polar surface area (TPSA) is 69.7 Å². The van der Waals surface area contributed by atoms with Gasteiger partial charge in [-0.2, -0.15) is 4.31 Å². The van der Waals surface area contributed by atoms with Crippen molar-refractivity contribution >= 4 is 15.9 Å². The van der Waals surface area contributed by atoms with Gasteiger partial charge < -0.3 is 5.32 Å². The van der Waals surface area contributed by atoms with Gasteiger partial charge in [0.15, 0.2) is 0 Å². The van der Waals surface area contributed by atoms with Gasteiger partial charge in [0.1, 0.15) is 11.9 Å². The van der Waals surface area contributed by atoms with Gasteiger partial charge in [0.05, 0.1) is 4.90 Å². The van der Waals surface area contributed by atoms with Gasteiger partial charge in [-0.3, -0.25) is 9.69 Å². The third kappa shape index (κ3) is 4.49. The zero-order valence-electron chi connectivity index (χ0n) is 16.0. The van der Waals surface area contributed by atoms with Crippen molar-refractivity contribution < 1.29 is 17.6 Å². The van der Waals surface area contributed by atoms with Crippen LogP contribution in [0.15, 0.2) is 59.5 Å². The standard InChI is InChI=1S/C21H24FN3O3S/c22-17-7-4-8-19(15-17)29(27,28)25-13-11-24(12-14-25)20(16-5-2-1-3-6-16)21(26)23-18-9-10-18/h1-8,15,18,20H,9-14H2,(H,23,26)/t20-/m1/s1. The number of sulfonamides is 1. The monoisotopic (exact) mass is 417 g/mol. The van der Waals surface area contributed by atoms with Gasteiger partial charge in [-0.25, -0.2) is 12.8 Å². The van der Waals surface area contributed by atoms with Crippen LogP contribution in [0, 0.1) is 5.82 Å². The Morgan fingerprint density at radius 3 is 2.31 bits per heavy atom. The molecule has 1 N–H and O–H groups in total. The van der Waals surface area contributed by atoms with Crippen LogP contribution in [0.4, 0.5) is 4.39 Å². The molecule has 1 atom stereocenters. The molecule has 8 heteroatoms. The van der Waals surface area contributed by atoms with E-state index < -0.39 is 21.9 Å². The van der Waals surface area contributed by atoms with Crippen LogP contribution in [0.2, 0.25) is 0 Å². The number of nitrogens with one attached hydrogen (secondary N) is 1. The van der Waals surface area contributed by atoms with E-state index in [9.17, 15) is 17.6 Å². The summed E-state index contributed by atoms with van der Waals surface area (Å²) >= 11 is 0. The van der Waals surface area contributed by atoms with Crippen molar-refractivity contribution in [1.82, 2.24) is 14.5 Å². The van der Waals surface area contributed by atoms with E-state index in [0.717, 1.165) is 24.5 Å². The molecule has 0 unspecified atom stereocenters. The Bertz CT molecular complexity index is 972. The highest BCUT2D eigenvalue weighted by Crippen LogP contribution is 2.27. The number of hydrogen-bond acceptors (Lipinski definition) is 4. The molecular formula is C21H24FN3O3S.